The van der Waals surface area contributed by atoms with Crippen molar-refractivity contribution in [2.24, 2.45) is 17.6 Å². The minimum atomic E-state index is -5.80. The number of phenols is 1. The molecule has 0 aliphatic heterocycles. The van der Waals surface area contributed by atoms with Crippen molar-refractivity contribution in [3.05, 3.63) is 39.7 Å². The average molecular weight is 575 g/mol. The number of aliphatic hydroxyl groups excluding tert-OH is 2. The molecule has 3 aliphatic rings. The lowest BCUT2D eigenvalue weighted by Gasteiger charge is -2.46. The Labute approximate surface area is 223 Å². The minimum absolute atomic E-state index is 0.00465. The molecule has 1 fully saturated rings. The number of fused-ring (bicyclic) bond motifs is 3. The van der Waals surface area contributed by atoms with Crippen LogP contribution >= 0.6 is 0 Å². The lowest BCUT2D eigenvalue weighted by molar-refractivity contribution is -0.279. The highest BCUT2D eigenvalue weighted by Crippen LogP contribution is 2.53. The Bertz CT molecular complexity index is 1390. The van der Waals surface area contributed by atoms with Gasteiger partial charge in [0.25, 0.3) is 5.91 Å². The monoisotopic (exact) mass is 575 g/mol. The van der Waals surface area contributed by atoms with Gasteiger partial charge in [-0.15, -0.1) is 0 Å². The first-order chi connectivity index (χ1) is 18.3. The Morgan fingerprint density at radius 3 is 2.33 bits per heavy atom. The molecule has 10 nitrogen and oxygen atoms in total. The van der Waals surface area contributed by atoms with E-state index in [1.807, 2.05) is 5.32 Å². The number of nitrogens with two attached hydrogens (primary N) is 1. The molecule has 0 heterocycles. The van der Waals surface area contributed by atoms with Gasteiger partial charge in [-0.05, 0) is 30.4 Å². The van der Waals surface area contributed by atoms with Crippen molar-refractivity contribution >= 4 is 28.9 Å². The van der Waals surface area contributed by atoms with Gasteiger partial charge < -0.3 is 36.4 Å². The van der Waals surface area contributed by atoms with Gasteiger partial charge >= 0.3 is 12.1 Å². The van der Waals surface area contributed by atoms with Gasteiger partial charge in [-0.25, -0.2) is 0 Å². The number of hydrogen-bond acceptors (Lipinski definition) is 9. The molecule has 1 saturated carbocycles. The van der Waals surface area contributed by atoms with Gasteiger partial charge in [0, 0.05) is 49.8 Å². The summed E-state index contributed by atoms with van der Waals surface area (Å²) < 4.78 is 64.4. The van der Waals surface area contributed by atoms with Crippen molar-refractivity contribution in [3.8, 4) is 5.75 Å². The molecular formula is C25H26F5N3O7. The Morgan fingerprint density at radius 2 is 1.77 bits per heavy atom. The van der Waals surface area contributed by atoms with E-state index >= 15 is 0 Å². The molecule has 4 rings (SSSR count). The minimum Gasteiger partial charge on any atom is -0.508 e. The molecule has 1 amide bonds. The van der Waals surface area contributed by atoms with Gasteiger partial charge in [0.15, 0.2) is 11.4 Å². The van der Waals surface area contributed by atoms with Crippen LogP contribution in [0, 0.1) is 11.8 Å². The summed E-state index contributed by atoms with van der Waals surface area (Å²) in [6.45, 7) is -2.47. The smallest absolute Gasteiger partial charge is 0.454 e. The van der Waals surface area contributed by atoms with Gasteiger partial charge in [0.2, 0.25) is 5.78 Å². The second-order valence-electron chi connectivity index (χ2n) is 10.4. The van der Waals surface area contributed by atoms with Crippen molar-refractivity contribution < 1.29 is 56.8 Å². The van der Waals surface area contributed by atoms with Crippen molar-refractivity contribution in [1.82, 2.24) is 5.32 Å². The first kappa shape index (κ1) is 29.3. The van der Waals surface area contributed by atoms with E-state index in [1.165, 1.54) is 6.07 Å². The van der Waals surface area contributed by atoms with E-state index in [0.29, 0.717) is 11.3 Å². The summed E-state index contributed by atoms with van der Waals surface area (Å²) in [7, 11) is 3.16. The zero-order valence-corrected chi connectivity index (χ0v) is 21.2. The van der Waals surface area contributed by atoms with Crippen LogP contribution in [0.1, 0.15) is 29.5 Å². The van der Waals surface area contributed by atoms with Crippen molar-refractivity contribution in [3.63, 3.8) is 0 Å². The zero-order valence-electron chi connectivity index (χ0n) is 21.2. The third-order valence-corrected chi connectivity index (χ3v) is 7.68. The van der Waals surface area contributed by atoms with Crippen molar-refractivity contribution in [1.29, 1.82) is 0 Å². The lowest BCUT2D eigenvalue weighted by Crippen LogP contribution is -2.58. The number of aliphatic hydroxyl groups is 3. The second-order valence-corrected chi connectivity index (χ2v) is 10.4. The molecule has 1 aromatic carbocycles. The maximum atomic E-state index is 13.6. The largest absolute Gasteiger partial charge is 0.508 e. The van der Waals surface area contributed by atoms with Gasteiger partial charge in [-0.2, -0.15) is 22.0 Å². The molecule has 0 saturated heterocycles. The molecule has 7 N–H and O–H groups in total. The van der Waals surface area contributed by atoms with Crippen LogP contribution in [0.4, 0.5) is 27.6 Å². The van der Waals surface area contributed by atoms with E-state index in [1.54, 1.807) is 19.0 Å². The molecule has 3 aliphatic carbocycles. The fourth-order valence-corrected chi connectivity index (χ4v) is 5.71. The summed E-state index contributed by atoms with van der Waals surface area (Å²) in [5.41, 5.74) is 1.22. The van der Waals surface area contributed by atoms with Crippen LogP contribution < -0.4 is 16.0 Å². The molecule has 40 heavy (non-hydrogen) atoms. The van der Waals surface area contributed by atoms with Crippen LogP contribution in [0.15, 0.2) is 23.0 Å². The van der Waals surface area contributed by atoms with Gasteiger partial charge in [0.05, 0.1) is 12.1 Å². The van der Waals surface area contributed by atoms with E-state index in [2.05, 4.69) is 0 Å². The molecule has 15 heteroatoms. The van der Waals surface area contributed by atoms with Crippen molar-refractivity contribution in [2.45, 2.75) is 43.5 Å². The van der Waals surface area contributed by atoms with E-state index in [-0.39, 0.29) is 24.0 Å². The number of aromatic hydroxyl groups is 1. The summed E-state index contributed by atoms with van der Waals surface area (Å²) in [5, 5.41) is 46.1. The molecule has 218 valence electrons. The van der Waals surface area contributed by atoms with Gasteiger partial charge in [-0.1, -0.05) is 0 Å². The van der Waals surface area contributed by atoms with Crippen molar-refractivity contribution in [2.75, 3.05) is 25.5 Å². The van der Waals surface area contributed by atoms with Crippen LogP contribution in [0.5, 0.6) is 5.75 Å². The summed E-state index contributed by atoms with van der Waals surface area (Å²) >= 11 is 0. The molecule has 0 bridgehead atoms. The van der Waals surface area contributed by atoms with Crippen LogP contribution in [-0.4, -0.2) is 76.2 Å². The number of phenolic OH excluding ortho intramolecular Hbond substituents is 1. The van der Waals surface area contributed by atoms with Crippen LogP contribution in [0.3, 0.4) is 0 Å². The Hall–Kier alpha value is -3.72. The Morgan fingerprint density at radius 1 is 1.15 bits per heavy atom. The van der Waals surface area contributed by atoms with Crippen LogP contribution in [-0.2, 0) is 27.3 Å². The molecule has 0 spiro atoms. The number of benzene rings is 1. The maximum absolute atomic E-state index is 13.6. The third-order valence-electron chi connectivity index (χ3n) is 7.68. The Balaban J connectivity index is 1.81. The summed E-state index contributed by atoms with van der Waals surface area (Å²) in [5.74, 6) is -13.2. The van der Waals surface area contributed by atoms with E-state index in [0.717, 1.165) is 0 Å². The number of alkyl halides is 5. The fourth-order valence-electron chi connectivity index (χ4n) is 5.71. The highest BCUT2D eigenvalue weighted by atomic mass is 19.4. The van der Waals surface area contributed by atoms with Gasteiger partial charge in [-0.3, -0.25) is 14.4 Å². The molecule has 1 aromatic rings. The normalized spacial score (nSPS) is 25.0. The Kier molecular flexibility index (Phi) is 6.91. The number of hydrogen-bond donors (Lipinski definition) is 6. The summed E-state index contributed by atoms with van der Waals surface area (Å²) in [4.78, 5) is 39.3. The molecule has 0 unspecified atom stereocenters. The topological polar surface area (TPSA) is 173 Å². The number of carbonyl (C=O) groups excluding carboxylic acids is 3. The molecule has 3 atom stereocenters. The number of nitrogens with zero attached hydrogens (tertiary/aromatic N) is 1. The molecule has 0 aromatic heterocycles. The first-order valence-corrected chi connectivity index (χ1v) is 12.0. The number of rotatable bonds is 6. The predicted octanol–water partition coefficient (Wildman–Crippen LogP) is 1.78. The maximum Gasteiger partial charge on any atom is 0.454 e. The highest BCUT2D eigenvalue weighted by Gasteiger charge is 2.60. The number of carbonyl (C=O) groups is 3. The lowest BCUT2D eigenvalue weighted by atomic mass is 9.59. The fraction of sp³-hybridized carbons (Fsp3) is 0.480. The quantitative estimate of drug-likeness (QED) is 0.218. The number of halogens is 5. The molecular weight excluding hydrogens is 549 g/mol. The second kappa shape index (κ2) is 9.44. The van der Waals surface area contributed by atoms with Crippen LogP contribution in [0.25, 0.3) is 5.76 Å². The third kappa shape index (κ3) is 4.27. The SMILES string of the molecule is CN(C)c1cc(CNCC(F)(F)C(F)(F)F)c(O)c2c1C[C@H]1C[C@H]3CC(=O)C(C(N)=O)=C(O)[C@@]3(O)C(=O)C1=C2O. The summed E-state index contributed by atoms with van der Waals surface area (Å²) in [6, 6.07) is 1.34. The number of anilines is 1. The number of primary amides is 1. The number of Topliss-reactive ketones (excluding diaryl/α,β-unsaturated/α-hetero) is 2. The number of ketones is 2. The zero-order chi connectivity index (χ0) is 30.1. The number of amides is 1. The van der Waals surface area contributed by atoms with E-state index < -0.39 is 94.9 Å². The van der Waals surface area contributed by atoms with E-state index in [4.69, 9.17) is 5.73 Å². The number of nitrogens with one attached hydrogen (secondary N) is 1. The van der Waals surface area contributed by atoms with Crippen LogP contribution in [0.2, 0.25) is 0 Å². The standard InChI is InChI=1S/C25H26F5N3O7/c1-33(2)13-5-10(7-32-8-23(26,27)25(28,29)30)18(35)16-12(13)4-9-3-11-6-14(34)17(22(31)39)21(38)24(11,40)20(37)15(9)19(16)36/h5,9,11,32,35-36,38,40H,3-4,6-8H2,1-2H3,(H2,31,39)/t9-,11+,24+/m1/s1. The van der Waals surface area contributed by atoms with Gasteiger partial charge in [0.1, 0.15) is 22.8 Å². The molecule has 0 radical (unpaired) electrons. The van der Waals surface area contributed by atoms with E-state index in [9.17, 15) is 56.8 Å². The predicted molar refractivity (Wildman–Crippen MR) is 128 cm³/mol. The highest BCUT2D eigenvalue weighted by molar-refractivity contribution is 6.22. The average Bonchev–Trinajstić information content (AvgIpc) is 2.81. The first-order valence-electron chi connectivity index (χ1n) is 12.0. The summed E-state index contributed by atoms with van der Waals surface area (Å²) in [6.07, 6.45) is -6.38.